The fraction of sp³-hybridized carbons (Fsp3) is 0.552. The number of hydrogen-bond acceptors (Lipinski definition) is 10. The Morgan fingerprint density at radius 1 is 1.18 bits per heavy atom. The molecule has 11 heteroatoms. The van der Waals surface area contributed by atoms with Gasteiger partial charge >= 0.3 is 0 Å². The van der Waals surface area contributed by atoms with E-state index in [4.69, 9.17) is 5.73 Å². The number of rotatable bonds is 8. The van der Waals surface area contributed by atoms with Gasteiger partial charge in [-0.3, -0.25) is 19.3 Å². The van der Waals surface area contributed by atoms with E-state index in [1.165, 1.54) is 4.90 Å². The number of amides is 1. The van der Waals surface area contributed by atoms with Gasteiger partial charge < -0.3 is 36.4 Å². The number of carbonyl (C=O) groups is 3. The largest absolute Gasteiger partial charge is 0.508 e. The van der Waals surface area contributed by atoms with Gasteiger partial charge in [0.05, 0.1) is 11.6 Å². The number of ketones is 2. The van der Waals surface area contributed by atoms with Crippen LogP contribution in [0.15, 0.2) is 23.0 Å². The van der Waals surface area contributed by atoms with E-state index in [1.807, 2.05) is 25.1 Å². The smallest absolute Gasteiger partial charge is 0.255 e. The molecule has 1 fully saturated rings. The summed E-state index contributed by atoms with van der Waals surface area (Å²) in [5.41, 5.74) is 3.78. The van der Waals surface area contributed by atoms with E-state index in [-0.39, 0.29) is 29.7 Å². The van der Waals surface area contributed by atoms with E-state index < -0.39 is 58.0 Å². The number of hydrogen-bond donors (Lipinski definition) is 6. The number of nitrogens with one attached hydrogen (secondary N) is 1. The van der Waals surface area contributed by atoms with Crippen LogP contribution in [-0.4, -0.2) is 89.2 Å². The molecule has 0 heterocycles. The zero-order valence-electron chi connectivity index (χ0n) is 23.9. The van der Waals surface area contributed by atoms with Crippen molar-refractivity contribution in [3.63, 3.8) is 0 Å². The molecule has 1 unspecified atom stereocenters. The molecule has 1 saturated carbocycles. The lowest BCUT2D eigenvalue weighted by molar-refractivity contribution is -0.153. The molecule has 4 atom stereocenters. The average Bonchev–Trinajstić information content (AvgIpc) is 2.84. The third kappa shape index (κ3) is 4.46. The number of phenols is 1. The van der Waals surface area contributed by atoms with E-state index in [1.54, 1.807) is 14.1 Å². The lowest BCUT2D eigenvalue weighted by Crippen LogP contribution is -2.65. The van der Waals surface area contributed by atoms with Gasteiger partial charge in [-0.15, -0.1) is 0 Å². The highest BCUT2D eigenvalue weighted by atomic mass is 16.3. The second kappa shape index (κ2) is 10.5. The van der Waals surface area contributed by atoms with Gasteiger partial charge in [0.25, 0.3) is 5.91 Å². The van der Waals surface area contributed by atoms with E-state index >= 15 is 0 Å². The molecule has 3 aliphatic rings. The number of fused-ring (bicyclic) bond motifs is 3. The molecule has 3 aliphatic carbocycles. The Labute approximate surface area is 233 Å². The van der Waals surface area contributed by atoms with Crippen LogP contribution in [0.5, 0.6) is 5.75 Å². The maximum Gasteiger partial charge on any atom is 0.255 e. The van der Waals surface area contributed by atoms with Crippen LogP contribution in [0.4, 0.5) is 5.69 Å². The number of aromatic hydroxyl groups is 1. The number of phenolic OH excluding ortho intramolecular Hbond substituents is 1. The maximum absolute atomic E-state index is 14.0. The Bertz CT molecular complexity index is 1330. The summed E-state index contributed by atoms with van der Waals surface area (Å²) in [6, 6.07) is 0.745. The Morgan fingerprint density at radius 3 is 2.38 bits per heavy atom. The van der Waals surface area contributed by atoms with Gasteiger partial charge in [0.2, 0.25) is 5.78 Å². The number of primary amides is 1. The topological polar surface area (TPSA) is 177 Å². The normalized spacial score (nSPS) is 26.3. The van der Waals surface area contributed by atoms with Crippen LogP contribution in [0.1, 0.15) is 43.4 Å². The predicted octanol–water partition coefficient (Wildman–Crippen LogP) is 1.17. The van der Waals surface area contributed by atoms with Crippen LogP contribution >= 0.6 is 0 Å². The highest BCUT2D eigenvalue weighted by molar-refractivity contribution is 6.24. The van der Waals surface area contributed by atoms with Crippen LogP contribution in [0.2, 0.25) is 0 Å². The molecular weight excluding hydrogens is 516 g/mol. The quantitative estimate of drug-likeness (QED) is 0.201. The maximum atomic E-state index is 14.0. The number of anilines is 1. The summed E-state index contributed by atoms with van der Waals surface area (Å²) in [5.74, 6) is -6.01. The molecule has 0 aliphatic heterocycles. The monoisotopic (exact) mass is 556 g/mol. The van der Waals surface area contributed by atoms with Crippen molar-refractivity contribution in [2.45, 2.75) is 51.3 Å². The molecule has 0 spiro atoms. The molecule has 1 aromatic rings. The lowest BCUT2D eigenvalue weighted by Gasteiger charge is -2.50. The highest BCUT2D eigenvalue weighted by Crippen LogP contribution is 2.54. The van der Waals surface area contributed by atoms with Crippen LogP contribution in [0.25, 0.3) is 5.76 Å². The van der Waals surface area contributed by atoms with Crippen molar-refractivity contribution in [3.05, 3.63) is 39.7 Å². The number of carbonyl (C=O) groups excluding carboxylic acids is 3. The van der Waals surface area contributed by atoms with Gasteiger partial charge in [-0.2, -0.15) is 0 Å². The van der Waals surface area contributed by atoms with E-state index in [0.29, 0.717) is 23.6 Å². The fourth-order valence-corrected chi connectivity index (χ4v) is 6.49. The standard InChI is InChI=1S/C29H40N4O7/c1-13(2)7-8-31-12-15-11-18(32(3)4)16-9-14-10-17-22(33(5)6)25(36)21(28(30)39)27(38)29(17,40)26(37)19(14)24(35)20(16)23(15)34/h11,13-14,17,22,31,34-35,38,40H,7-10,12H2,1-6H3,(H2,30,39)/t14-,17-,22?,29-/m1/s1. The van der Waals surface area contributed by atoms with Crippen molar-refractivity contribution < 1.29 is 34.8 Å². The lowest BCUT2D eigenvalue weighted by atomic mass is 9.57. The molecule has 7 N–H and O–H groups in total. The van der Waals surface area contributed by atoms with Crippen molar-refractivity contribution in [1.82, 2.24) is 10.2 Å². The van der Waals surface area contributed by atoms with Crippen molar-refractivity contribution >= 4 is 28.9 Å². The SMILES string of the molecule is CC(C)CCNCc1cc(N(C)C)c2c(c1O)C(O)=C1C(=O)[C@@]3(O)C(O)=C(C(N)=O)C(=O)C(N(C)C)[C@H]3C[C@H]1C2. The summed E-state index contributed by atoms with van der Waals surface area (Å²) in [5, 5.41) is 48.9. The minimum absolute atomic E-state index is 0.0535. The van der Waals surface area contributed by atoms with Gasteiger partial charge in [0.1, 0.15) is 22.8 Å². The second-order valence-corrected chi connectivity index (χ2v) is 12.0. The molecule has 11 nitrogen and oxygen atoms in total. The number of nitrogens with two attached hydrogens (primary N) is 1. The number of aliphatic hydroxyl groups is 3. The molecule has 40 heavy (non-hydrogen) atoms. The number of nitrogens with zero attached hydrogens (tertiary/aromatic N) is 2. The summed E-state index contributed by atoms with van der Waals surface area (Å²) >= 11 is 0. The fourth-order valence-electron chi connectivity index (χ4n) is 6.49. The van der Waals surface area contributed by atoms with Crippen molar-refractivity contribution in [2.24, 2.45) is 23.5 Å². The summed E-state index contributed by atoms with van der Waals surface area (Å²) in [7, 11) is 6.85. The molecule has 1 aromatic carbocycles. The molecule has 0 aromatic heterocycles. The molecule has 218 valence electrons. The first-order chi connectivity index (χ1) is 18.6. The first-order valence-electron chi connectivity index (χ1n) is 13.5. The van der Waals surface area contributed by atoms with Crippen LogP contribution in [-0.2, 0) is 27.3 Å². The summed E-state index contributed by atoms with van der Waals surface area (Å²) in [6.07, 6.45) is 1.24. The third-order valence-electron chi connectivity index (χ3n) is 8.47. The minimum atomic E-state index is -2.65. The average molecular weight is 557 g/mol. The molecule has 1 amide bonds. The Kier molecular flexibility index (Phi) is 7.78. The van der Waals surface area contributed by atoms with Gasteiger partial charge in [0.15, 0.2) is 11.4 Å². The number of benzene rings is 1. The molecule has 0 radical (unpaired) electrons. The zero-order chi connectivity index (χ0) is 29.8. The van der Waals surface area contributed by atoms with Gasteiger partial charge in [-0.1, -0.05) is 13.8 Å². The number of Topliss-reactive ketones (excluding diaryl/α,β-unsaturated/α-hetero) is 2. The summed E-state index contributed by atoms with van der Waals surface area (Å²) in [4.78, 5) is 42.8. The van der Waals surface area contributed by atoms with E-state index in [9.17, 15) is 34.8 Å². The van der Waals surface area contributed by atoms with Crippen LogP contribution < -0.4 is 16.0 Å². The van der Waals surface area contributed by atoms with Gasteiger partial charge in [-0.25, -0.2) is 0 Å². The Morgan fingerprint density at radius 2 is 1.82 bits per heavy atom. The van der Waals surface area contributed by atoms with Crippen LogP contribution in [0, 0.1) is 17.8 Å². The molecule has 0 bridgehead atoms. The van der Waals surface area contributed by atoms with Gasteiger partial charge in [-0.05, 0) is 63.4 Å². The van der Waals surface area contributed by atoms with E-state index in [0.717, 1.165) is 18.7 Å². The third-order valence-corrected chi connectivity index (χ3v) is 8.47. The Balaban J connectivity index is 1.89. The number of aliphatic hydroxyl groups excluding tert-OH is 2. The minimum Gasteiger partial charge on any atom is -0.508 e. The number of likely N-dealkylation sites (N-methyl/N-ethyl adjacent to an activating group) is 1. The highest BCUT2D eigenvalue weighted by Gasteiger charge is 2.64. The summed E-state index contributed by atoms with van der Waals surface area (Å²) < 4.78 is 0. The summed E-state index contributed by atoms with van der Waals surface area (Å²) in [6.45, 7) is 5.29. The molecular formula is C29H40N4O7. The van der Waals surface area contributed by atoms with Crippen molar-refractivity contribution in [1.29, 1.82) is 0 Å². The van der Waals surface area contributed by atoms with Crippen LogP contribution in [0.3, 0.4) is 0 Å². The Hall–Kier alpha value is -3.41. The molecule has 4 rings (SSSR count). The second-order valence-electron chi connectivity index (χ2n) is 12.0. The zero-order valence-corrected chi connectivity index (χ0v) is 23.9. The molecule has 0 saturated heterocycles. The predicted molar refractivity (Wildman–Crippen MR) is 150 cm³/mol. The van der Waals surface area contributed by atoms with E-state index in [2.05, 4.69) is 19.2 Å². The first kappa shape index (κ1) is 29.6. The van der Waals surface area contributed by atoms with Crippen molar-refractivity contribution in [3.8, 4) is 5.75 Å². The van der Waals surface area contributed by atoms with Gasteiger partial charge in [0, 0.05) is 43.4 Å². The first-order valence-corrected chi connectivity index (χ1v) is 13.5. The van der Waals surface area contributed by atoms with Crippen molar-refractivity contribution in [2.75, 3.05) is 39.6 Å².